The van der Waals surface area contributed by atoms with Crippen molar-refractivity contribution in [2.24, 2.45) is 0 Å². The summed E-state index contributed by atoms with van der Waals surface area (Å²) in [4.78, 5) is 25.4. The number of anilines is 1. The maximum absolute atomic E-state index is 12.0. The van der Waals surface area contributed by atoms with Crippen LogP contribution in [0.4, 0.5) is 10.5 Å². The lowest BCUT2D eigenvalue weighted by Crippen LogP contribution is -2.54. The van der Waals surface area contributed by atoms with E-state index in [1.165, 1.54) is 4.90 Å². The first-order chi connectivity index (χ1) is 11.2. The number of aromatic amines is 1. The van der Waals surface area contributed by atoms with Crippen LogP contribution in [0.15, 0.2) is 48.8 Å². The maximum Gasteiger partial charge on any atom is 0.412 e. The molecule has 2 N–H and O–H groups in total. The van der Waals surface area contributed by atoms with Crippen molar-refractivity contribution >= 4 is 11.8 Å². The fraction of sp³-hybridized carbons (Fsp3) is 0.235. The summed E-state index contributed by atoms with van der Waals surface area (Å²) in [5.41, 5.74) is 1.65. The van der Waals surface area contributed by atoms with E-state index in [1.807, 2.05) is 36.4 Å². The quantitative estimate of drug-likeness (QED) is 0.776. The number of carbonyl (C=O) groups is 1. The SMILES string of the molecule is O=C(O)N(c1ccccc1)C1(c2cc3[nH]ccnc-3n2)CCC1. The summed E-state index contributed by atoms with van der Waals surface area (Å²) >= 11 is 0. The highest BCUT2D eigenvalue weighted by atomic mass is 16.4. The van der Waals surface area contributed by atoms with Gasteiger partial charge in [-0.15, -0.1) is 0 Å². The van der Waals surface area contributed by atoms with Crippen molar-refractivity contribution in [2.75, 3.05) is 4.90 Å². The number of rotatable bonds is 3. The van der Waals surface area contributed by atoms with E-state index in [0.717, 1.165) is 30.7 Å². The Morgan fingerprint density at radius 1 is 1.26 bits per heavy atom. The number of amides is 1. The van der Waals surface area contributed by atoms with E-state index in [-0.39, 0.29) is 0 Å². The number of aromatic nitrogens is 3. The molecular formula is C17H16N4O2. The Morgan fingerprint density at radius 2 is 2.04 bits per heavy atom. The van der Waals surface area contributed by atoms with Crippen LogP contribution in [0.25, 0.3) is 11.5 Å². The van der Waals surface area contributed by atoms with Crippen molar-refractivity contribution in [3.63, 3.8) is 0 Å². The Bertz CT molecular complexity index is 780. The van der Waals surface area contributed by atoms with Gasteiger partial charge < -0.3 is 10.1 Å². The molecule has 3 aliphatic rings. The van der Waals surface area contributed by atoms with Gasteiger partial charge in [-0.25, -0.2) is 14.8 Å². The molecule has 1 aromatic rings. The number of fused-ring (bicyclic) bond motifs is 1. The summed E-state index contributed by atoms with van der Waals surface area (Å²) < 4.78 is 0. The van der Waals surface area contributed by atoms with Gasteiger partial charge in [-0.2, -0.15) is 0 Å². The summed E-state index contributed by atoms with van der Waals surface area (Å²) in [5, 5.41) is 9.84. The molecule has 6 nitrogen and oxygen atoms in total. The molecule has 2 aliphatic heterocycles. The van der Waals surface area contributed by atoms with E-state index < -0.39 is 11.6 Å². The molecule has 0 bridgehead atoms. The Kier molecular flexibility index (Phi) is 3.04. The zero-order chi connectivity index (χ0) is 15.9. The van der Waals surface area contributed by atoms with Crippen LogP contribution in [-0.2, 0) is 5.54 Å². The standard InChI is InChI=1S/C17H16N4O2/c22-16(23)21(12-5-2-1-3-6-12)17(7-4-8-17)14-11-13-15(20-14)19-10-9-18-13/h1-3,5-6,9-11,18H,4,7-8H2,(H,22,23). The lowest BCUT2D eigenvalue weighted by Gasteiger charge is -2.47. The van der Waals surface area contributed by atoms with E-state index in [4.69, 9.17) is 0 Å². The minimum atomic E-state index is -0.958. The van der Waals surface area contributed by atoms with Crippen LogP contribution in [-0.4, -0.2) is 26.2 Å². The summed E-state index contributed by atoms with van der Waals surface area (Å²) in [6.07, 6.45) is 4.94. The second-order valence-corrected chi connectivity index (χ2v) is 5.81. The fourth-order valence-corrected chi connectivity index (χ4v) is 3.31. The van der Waals surface area contributed by atoms with Gasteiger partial charge in [0.1, 0.15) is 0 Å². The van der Waals surface area contributed by atoms with Crippen LogP contribution in [0.5, 0.6) is 0 Å². The van der Waals surface area contributed by atoms with Gasteiger partial charge in [0.05, 0.1) is 16.9 Å². The highest BCUT2D eigenvalue weighted by Gasteiger charge is 2.49. The number of hydrogen-bond acceptors (Lipinski definition) is 3. The molecular weight excluding hydrogens is 292 g/mol. The second-order valence-electron chi connectivity index (χ2n) is 5.81. The fourth-order valence-electron chi connectivity index (χ4n) is 3.31. The lowest BCUT2D eigenvalue weighted by atomic mass is 9.72. The molecule has 0 spiro atoms. The van der Waals surface area contributed by atoms with Crippen LogP contribution in [0.2, 0.25) is 0 Å². The monoisotopic (exact) mass is 308 g/mol. The van der Waals surface area contributed by atoms with E-state index in [1.54, 1.807) is 12.4 Å². The van der Waals surface area contributed by atoms with Crippen molar-refractivity contribution < 1.29 is 9.90 Å². The Labute approximate surface area is 133 Å². The highest BCUT2D eigenvalue weighted by molar-refractivity contribution is 5.88. The summed E-state index contributed by atoms with van der Waals surface area (Å²) in [5.74, 6) is 0.618. The van der Waals surface area contributed by atoms with Crippen LogP contribution in [0.1, 0.15) is 25.0 Å². The van der Waals surface area contributed by atoms with Gasteiger partial charge in [0.2, 0.25) is 0 Å². The van der Waals surface area contributed by atoms with Crippen LogP contribution >= 0.6 is 0 Å². The first-order valence-electron chi connectivity index (χ1n) is 7.59. The average Bonchev–Trinajstić information content (AvgIpc) is 2.95. The second kappa shape index (κ2) is 5.08. The lowest BCUT2D eigenvalue weighted by molar-refractivity contribution is 0.168. The van der Waals surface area contributed by atoms with Crippen molar-refractivity contribution in [1.29, 1.82) is 0 Å². The van der Waals surface area contributed by atoms with E-state index in [2.05, 4.69) is 15.0 Å². The normalized spacial score (nSPS) is 16.0. The third-order valence-electron chi connectivity index (χ3n) is 4.55. The molecule has 6 heteroatoms. The molecule has 1 aliphatic carbocycles. The molecule has 1 amide bonds. The third kappa shape index (κ3) is 2.06. The van der Waals surface area contributed by atoms with Crippen molar-refractivity contribution in [1.82, 2.24) is 15.0 Å². The van der Waals surface area contributed by atoms with Gasteiger partial charge in [0.15, 0.2) is 5.82 Å². The largest absolute Gasteiger partial charge is 0.465 e. The first kappa shape index (κ1) is 13.8. The molecule has 2 heterocycles. The van der Waals surface area contributed by atoms with Gasteiger partial charge >= 0.3 is 6.09 Å². The molecule has 0 saturated heterocycles. The predicted octanol–water partition coefficient (Wildman–Crippen LogP) is 3.47. The molecule has 1 saturated carbocycles. The number of benzene rings is 1. The minimum absolute atomic E-state index is 0.609. The Hall–Kier alpha value is -2.89. The van der Waals surface area contributed by atoms with Crippen LogP contribution in [0.3, 0.4) is 0 Å². The van der Waals surface area contributed by atoms with E-state index in [0.29, 0.717) is 11.5 Å². The minimum Gasteiger partial charge on any atom is -0.465 e. The van der Waals surface area contributed by atoms with E-state index >= 15 is 0 Å². The van der Waals surface area contributed by atoms with Gasteiger partial charge in [0, 0.05) is 18.1 Å². The summed E-state index contributed by atoms with van der Waals surface area (Å²) in [6, 6.07) is 11.1. The number of H-pyrrole nitrogens is 1. The van der Waals surface area contributed by atoms with Gasteiger partial charge in [-0.3, -0.25) is 4.90 Å². The molecule has 0 radical (unpaired) electrons. The molecule has 23 heavy (non-hydrogen) atoms. The number of para-hydroxylation sites is 1. The zero-order valence-electron chi connectivity index (χ0n) is 12.4. The molecule has 1 aromatic carbocycles. The molecule has 0 atom stereocenters. The van der Waals surface area contributed by atoms with Crippen LogP contribution in [0, 0.1) is 0 Å². The topological polar surface area (TPSA) is 82.1 Å². The summed E-state index contributed by atoms with van der Waals surface area (Å²) in [7, 11) is 0. The number of hydrogen-bond donors (Lipinski definition) is 2. The van der Waals surface area contributed by atoms with Crippen LogP contribution < -0.4 is 4.90 Å². The third-order valence-corrected chi connectivity index (χ3v) is 4.55. The maximum atomic E-state index is 12.0. The number of nitrogens with one attached hydrogen (secondary N) is 1. The first-order valence-corrected chi connectivity index (χ1v) is 7.59. The molecule has 0 unspecified atom stereocenters. The molecule has 0 aromatic heterocycles. The Morgan fingerprint density at radius 3 is 2.65 bits per heavy atom. The van der Waals surface area contributed by atoms with Gasteiger partial charge in [-0.1, -0.05) is 18.2 Å². The van der Waals surface area contributed by atoms with E-state index in [9.17, 15) is 9.90 Å². The number of nitrogens with zero attached hydrogens (tertiary/aromatic N) is 3. The number of carboxylic acid groups (broad SMARTS) is 1. The molecule has 116 valence electrons. The van der Waals surface area contributed by atoms with Crippen molar-refractivity contribution in [3.05, 3.63) is 54.5 Å². The molecule has 1 fully saturated rings. The average molecular weight is 308 g/mol. The van der Waals surface area contributed by atoms with Crippen molar-refractivity contribution in [2.45, 2.75) is 24.8 Å². The highest BCUT2D eigenvalue weighted by Crippen LogP contribution is 2.48. The Balaban J connectivity index is 1.85. The molecule has 4 rings (SSSR count). The van der Waals surface area contributed by atoms with Gasteiger partial charge in [-0.05, 0) is 37.5 Å². The predicted molar refractivity (Wildman–Crippen MR) is 85.5 cm³/mol. The smallest absolute Gasteiger partial charge is 0.412 e. The van der Waals surface area contributed by atoms with Gasteiger partial charge in [0.25, 0.3) is 0 Å². The summed E-state index contributed by atoms with van der Waals surface area (Å²) in [6.45, 7) is 0. The zero-order valence-corrected chi connectivity index (χ0v) is 12.4. The van der Waals surface area contributed by atoms with Crippen molar-refractivity contribution in [3.8, 4) is 11.5 Å².